The molecule has 2 aromatic rings. The van der Waals surface area contributed by atoms with Gasteiger partial charge in [-0.05, 0) is 24.1 Å². The second-order valence-electron chi connectivity index (χ2n) is 4.33. The van der Waals surface area contributed by atoms with Crippen molar-refractivity contribution in [2.24, 2.45) is 0 Å². The fraction of sp³-hybridized carbons (Fsp3) is 0.133. The second kappa shape index (κ2) is 6.13. The van der Waals surface area contributed by atoms with Gasteiger partial charge in [-0.3, -0.25) is 0 Å². The number of esters is 1. The minimum atomic E-state index is -2.33. The van der Waals surface area contributed by atoms with Gasteiger partial charge in [0.1, 0.15) is 11.3 Å². The molecule has 0 fully saturated rings. The Balaban J connectivity index is 2.37. The maximum absolute atomic E-state index is 13.5. The van der Waals surface area contributed by atoms with E-state index in [4.69, 9.17) is 0 Å². The molecule has 0 unspecified atom stereocenters. The van der Waals surface area contributed by atoms with Gasteiger partial charge in [-0.2, -0.15) is 0 Å². The van der Waals surface area contributed by atoms with Gasteiger partial charge in [-0.15, -0.1) is 0 Å². The van der Waals surface area contributed by atoms with Crippen molar-refractivity contribution in [2.75, 3.05) is 0 Å². The van der Waals surface area contributed by atoms with Crippen LogP contribution in [0.3, 0.4) is 0 Å². The SMILES string of the molecule is CCc1ccc(OC(=O)c2c(F)c(F)c(F)c(F)c2F)cc1. The van der Waals surface area contributed by atoms with E-state index in [1.54, 1.807) is 12.1 Å². The van der Waals surface area contributed by atoms with Crippen molar-refractivity contribution in [1.29, 1.82) is 0 Å². The van der Waals surface area contributed by atoms with Gasteiger partial charge in [0.05, 0.1) is 0 Å². The van der Waals surface area contributed by atoms with E-state index in [1.165, 1.54) is 12.1 Å². The van der Waals surface area contributed by atoms with Crippen molar-refractivity contribution in [3.05, 3.63) is 64.5 Å². The normalized spacial score (nSPS) is 10.6. The third-order valence-electron chi connectivity index (χ3n) is 2.96. The van der Waals surface area contributed by atoms with Crippen molar-refractivity contribution >= 4 is 5.97 Å². The Labute approximate surface area is 122 Å². The highest BCUT2D eigenvalue weighted by atomic mass is 19.2. The minimum absolute atomic E-state index is 0.0776. The summed E-state index contributed by atoms with van der Waals surface area (Å²) in [5.41, 5.74) is -0.716. The van der Waals surface area contributed by atoms with Crippen molar-refractivity contribution < 1.29 is 31.5 Å². The molecule has 0 aromatic heterocycles. The van der Waals surface area contributed by atoms with E-state index in [9.17, 15) is 26.7 Å². The summed E-state index contributed by atoms with van der Waals surface area (Å²) in [6, 6.07) is 5.90. The number of hydrogen-bond donors (Lipinski definition) is 0. The first-order chi connectivity index (χ1) is 10.4. The van der Waals surface area contributed by atoms with Crippen LogP contribution in [0.5, 0.6) is 5.75 Å². The van der Waals surface area contributed by atoms with E-state index in [1.807, 2.05) is 6.92 Å². The van der Waals surface area contributed by atoms with E-state index in [2.05, 4.69) is 4.74 Å². The van der Waals surface area contributed by atoms with Crippen LogP contribution in [0, 0.1) is 29.1 Å². The van der Waals surface area contributed by atoms with E-state index >= 15 is 0 Å². The number of rotatable bonds is 3. The molecule has 7 heteroatoms. The first-order valence-corrected chi connectivity index (χ1v) is 6.19. The van der Waals surface area contributed by atoms with Crippen LogP contribution in [0.2, 0.25) is 0 Å². The van der Waals surface area contributed by atoms with Gasteiger partial charge in [-0.25, -0.2) is 26.7 Å². The molecule has 2 aromatic carbocycles. The van der Waals surface area contributed by atoms with Crippen LogP contribution in [0.1, 0.15) is 22.8 Å². The number of benzene rings is 2. The fourth-order valence-corrected chi connectivity index (χ4v) is 1.74. The Kier molecular flexibility index (Phi) is 4.44. The van der Waals surface area contributed by atoms with Crippen molar-refractivity contribution in [3.63, 3.8) is 0 Å². The Hall–Kier alpha value is -2.44. The molecular weight excluding hydrogens is 307 g/mol. The molecule has 0 amide bonds. The fourth-order valence-electron chi connectivity index (χ4n) is 1.74. The summed E-state index contributed by atoms with van der Waals surface area (Å²) in [5.74, 6) is -12.9. The first-order valence-electron chi connectivity index (χ1n) is 6.19. The molecule has 0 heterocycles. The lowest BCUT2D eigenvalue weighted by Crippen LogP contribution is -2.17. The molecule has 0 bridgehead atoms. The average molecular weight is 316 g/mol. The second-order valence-corrected chi connectivity index (χ2v) is 4.33. The zero-order valence-corrected chi connectivity index (χ0v) is 11.2. The van der Waals surface area contributed by atoms with Crippen LogP contribution in [-0.2, 0) is 6.42 Å². The van der Waals surface area contributed by atoms with Crippen LogP contribution in [0.25, 0.3) is 0 Å². The predicted octanol–water partition coefficient (Wildman–Crippen LogP) is 4.16. The van der Waals surface area contributed by atoms with Crippen molar-refractivity contribution in [2.45, 2.75) is 13.3 Å². The summed E-state index contributed by atoms with van der Waals surface area (Å²) in [5, 5.41) is 0. The molecule has 0 aliphatic rings. The molecule has 2 nitrogen and oxygen atoms in total. The van der Waals surface area contributed by atoms with Crippen LogP contribution in [0.4, 0.5) is 22.0 Å². The number of ether oxygens (including phenoxy) is 1. The summed E-state index contributed by atoms with van der Waals surface area (Å²) in [6.45, 7) is 1.88. The van der Waals surface area contributed by atoms with E-state index < -0.39 is 40.6 Å². The van der Waals surface area contributed by atoms with Crippen molar-refractivity contribution in [3.8, 4) is 5.75 Å². The average Bonchev–Trinajstić information content (AvgIpc) is 2.52. The van der Waals surface area contributed by atoms with Crippen LogP contribution in [0.15, 0.2) is 24.3 Å². The lowest BCUT2D eigenvalue weighted by Gasteiger charge is -2.08. The van der Waals surface area contributed by atoms with Gasteiger partial charge in [0.15, 0.2) is 23.3 Å². The topological polar surface area (TPSA) is 26.3 Å². The molecule has 22 heavy (non-hydrogen) atoms. The molecule has 116 valence electrons. The Bertz CT molecular complexity index is 697. The highest BCUT2D eigenvalue weighted by molar-refractivity contribution is 5.91. The molecule has 0 spiro atoms. The van der Waals surface area contributed by atoms with E-state index in [-0.39, 0.29) is 5.75 Å². The Morgan fingerprint density at radius 3 is 1.77 bits per heavy atom. The first kappa shape index (κ1) is 15.9. The number of carbonyl (C=O) groups excluding carboxylic acids is 1. The van der Waals surface area contributed by atoms with E-state index in [0.29, 0.717) is 6.42 Å². The lowest BCUT2D eigenvalue weighted by atomic mass is 10.1. The van der Waals surface area contributed by atoms with Crippen LogP contribution >= 0.6 is 0 Å². The summed E-state index contributed by atoms with van der Waals surface area (Å²) in [7, 11) is 0. The van der Waals surface area contributed by atoms with Gasteiger partial charge in [0.2, 0.25) is 5.82 Å². The molecule has 0 atom stereocenters. The summed E-state index contributed by atoms with van der Waals surface area (Å²) < 4.78 is 70.5. The standard InChI is InChI=1S/C15H9F5O2/c1-2-7-3-5-8(6-4-7)22-15(21)9-10(16)12(18)14(20)13(19)11(9)17/h3-6H,2H2,1H3. The monoisotopic (exact) mass is 316 g/mol. The highest BCUT2D eigenvalue weighted by Crippen LogP contribution is 2.24. The third-order valence-corrected chi connectivity index (χ3v) is 2.96. The quantitative estimate of drug-likeness (QED) is 0.279. The van der Waals surface area contributed by atoms with Gasteiger partial charge < -0.3 is 4.74 Å². The Morgan fingerprint density at radius 2 is 1.32 bits per heavy atom. The smallest absolute Gasteiger partial charge is 0.349 e. The minimum Gasteiger partial charge on any atom is -0.423 e. The molecule has 0 aliphatic heterocycles. The summed E-state index contributed by atoms with van der Waals surface area (Å²) in [4.78, 5) is 11.7. The van der Waals surface area contributed by atoms with Gasteiger partial charge in [0.25, 0.3) is 0 Å². The van der Waals surface area contributed by atoms with Crippen LogP contribution in [-0.4, -0.2) is 5.97 Å². The lowest BCUT2D eigenvalue weighted by molar-refractivity contribution is 0.0721. The molecule has 0 radical (unpaired) electrons. The Morgan fingerprint density at radius 1 is 0.864 bits per heavy atom. The number of carbonyl (C=O) groups is 1. The third kappa shape index (κ3) is 2.79. The largest absolute Gasteiger partial charge is 0.423 e. The molecule has 0 N–H and O–H groups in total. The zero-order valence-electron chi connectivity index (χ0n) is 11.2. The number of aryl methyl sites for hydroxylation is 1. The summed E-state index contributed by atoms with van der Waals surface area (Å²) >= 11 is 0. The number of hydrogen-bond acceptors (Lipinski definition) is 2. The predicted molar refractivity (Wildman–Crippen MR) is 67.0 cm³/mol. The molecule has 0 saturated heterocycles. The van der Waals surface area contributed by atoms with Crippen LogP contribution < -0.4 is 4.74 Å². The maximum Gasteiger partial charge on any atom is 0.349 e. The zero-order chi connectivity index (χ0) is 16.4. The number of halogens is 5. The van der Waals surface area contributed by atoms with Gasteiger partial charge in [0, 0.05) is 0 Å². The maximum atomic E-state index is 13.5. The molecule has 0 aliphatic carbocycles. The van der Waals surface area contributed by atoms with Crippen molar-refractivity contribution in [1.82, 2.24) is 0 Å². The molecular formula is C15H9F5O2. The highest BCUT2D eigenvalue weighted by Gasteiger charge is 2.30. The van der Waals surface area contributed by atoms with E-state index in [0.717, 1.165) is 5.56 Å². The molecule has 0 saturated carbocycles. The van der Waals surface area contributed by atoms with Gasteiger partial charge >= 0.3 is 5.97 Å². The summed E-state index contributed by atoms with van der Waals surface area (Å²) in [6.07, 6.45) is 0.714. The molecule has 2 rings (SSSR count). The van der Waals surface area contributed by atoms with Gasteiger partial charge in [-0.1, -0.05) is 19.1 Å².